The van der Waals surface area contributed by atoms with E-state index in [9.17, 15) is 4.79 Å². The second-order valence-corrected chi connectivity index (χ2v) is 3.14. The van der Waals surface area contributed by atoms with Crippen LogP contribution in [0.15, 0.2) is 12.1 Å². The van der Waals surface area contributed by atoms with E-state index in [1.165, 1.54) is 0 Å². The molecule has 1 aromatic rings. The molecular formula is C10H8ClNO. The van der Waals surface area contributed by atoms with E-state index in [0.717, 1.165) is 11.1 Å². The Bertz CT molecular complexity index is 404. The Hall–Kier alpha value is -1.33. The Morgan fingerprint density at radius 2 is 2.00 bits per heavy atom. The van der Waals surface area contributed by atoms with Crippen LogP contribution in [0.2, 0.25) is 0 Å². The Balaban J connectivity index is 3.42. The van der Waals surface area contributed by atoms with E-state index in [4.69, 9.17) is 16.9 Å². The van der Waals surface area contributed by atoms with Crippen molar-refractivity contribution >= 4 is 16.8 Å². The van der Waals surface area contributed by atoms with Gasteiger partial charge in [-0.2, -0.15) is 5.26 Å². The fourth-order valence-corrected chi connectivity index (χ4v) is 1.36. The van der Waals surface area contributed by atoms with Gasteiger partial charge in [-0.05, 0) is 48.7 Å². The van der Waals surface area contributed by atoms with Gasteiger partial charge in [0.1, 0.15) is 0 Å². The van der Waals surface area contributed by atoms with Crippen molar-refractivity contribution in [3.8, 4) is 6.07 Å². The van der Waals surface area contributed by atoms with E-state index in [1.54, 1.807) is 26.0 Å². The van der Waals surface area contributed by atoms with Gasteiger partial charge in [0.15, 0.2) is 0 Å². The summed E-state index contributed by atoms with van der Waals surface area (Å²) in [7, 11) is 0. The Morgan fingerprint density at radius 1 is 1.38 bits per heavy atom. The van der Waals surface area contributed by atoms with E-state index in [2.05, 4.69) is 0 Å². The van der Waals surface area contributed by atoms with Gasteiger partial charge in [0.25, 0.3) is 5.24 Å². The van der Waals surface area contributed by atoms with E-state index in [-0.39, 0.29) is 0 Å². The van der Waals surface area contributed by atoms with Crippen molar-refractivity contribution < 1.29 is 4.79 Å². The number of hydrogen-bond acceptors (Lipinski definition) is 2. The lowest BCUT2D eigenvalue weighted by molar-refractivity contribution is 0.108. The molecule has 1 aromatic carbocycles. The highest BCUT2D eigenvalue weighted by Gasteiger charge is 2.09. The molecule has 0 saturated heterocycles. The molecule has 0 aromatic heterocycles. The molecule has 0 N–H and O–H groups in total. The maximum absolute atomic E-state index is 10.9. The number of carbonyl (C=O) groups is 1. The summed E-state index contributed by atoms with van der Waals surface area (Å²) in [6, 6.07) is 5.24. The van der Waals surface area contributed by atoms with Crippen molar-refractivity contribution in [2.45, 2.75) is 13.8 Å². The number of nitrogens with zero attached hydrogens (tertiary/aromatic N) is 1. The summed E-state index contributed by atoms with van der Waals surface area (Å²) in [6.07, 6.45) is 0. The number of nitriles is 1. The minimum absolute atomic E-state index is 0.471. The maximum Gasteiger partial charge on any atom is 0.252 e. The average molecular weight is 194 g/mol. The summed E-state index contributed by atoms with van der Waals surface area (Å²) in [4.78, 5) is 10.9. The highest BCUT2D eigenvalue weighted by atomic mass is 35.5. The lowest BCUT2D eigenvalue weighted by Gasteiger charge is -2.05. The topological polar surface area (TPSA) is 40.9 Å². The van der Waals surface area contributed by atoms with Crippen molar-refractivity contribution in [3.05, 3.63) is 34.4 Å². The number of carbonyl (C=O) groups excluding carboxylic acids is 1. The SMILES string of the molecule is Cc1c(C#N)ccc(C(=O)Cl)c1C. The molecule has 13 heavy (non-hydrogen) atoms. The summed E-state index contributed by atoms with van der Waals surface area (Å²) in [5.74, 6) is 0. The summed E-state index contributed by atoms with van der Waals surface area (Å²) < 4.78 is 0. The zero-order chi connectivity index (χ0) is 10.0. The van der Waals surface area contributed by atoms with Gasteiger partial charge in [-0.15, -0.1) is 0 Å². The molecule has 0 unspecified atom stereocenters. The zero-order valence-corrected chi connectivity index (χ0v) is 8.14. The number of hydrogen-bond donors (Lipinski definition) is 0. The summed E-state index contributed by atoms with van der Waals surface area (Å²) in [5, 5.41) is 8.22. The van der Waals surface area contributed by atoms with Crippen LogP contribution in [0.5, 0.6) is 0 Å². The molecule has 0 spiro atoms. The molecular weight excluding hydrogens is 186 g/mol. The quantitative estimate of drug-likeness (QED) is 0.644. The lowest BCUT2D eigenvalue weighted by Crippen LogP contribution is -1.97. The van der Waals surface area contributed by atoms with Crippen LogP contribution in [-0.4, -0.2) is 5.24 Å². The highest BCUT2D eigenvalue weighted by molar-refractivity contribution is 6.67. The third-order valence-corrected chi connectivity index (χ3v) is 2.32. The lowest BCUT2D eigenvalue weighted by atomic mass is 9.99. The molecule has 0 fully saturated rings. The largest absolute Gasteiger partial charge is 0.276 e. The van der Waals surface area contributed by atoms with Crippen LogP contribution in [0.25, 0.3) is 0 Å². The zero-order valence-electron chi connectivity index (χ0n) is 7.39. The molecule has 0 aliphatic rings. The first-order chi connectivity index (χ1) is 6.07. The number of rotatable bonds is 1. The van der Waals surface area contributed by atoms with Gasteiger partial charge in [-0.1, -0.05) is 0 Å². The maximum atomic E-state index is 10.9. The summed E-state index contributed by atoms with van der Waals surface area (Å²) in [6.45, 7) is 3.59. The van der Waals surface area contributed by atoms with Crippen LogP contribution in [0.4, 0.5) is 0 Å². The fourth-order valence-electron chi connectivity index (χ4n) is 1.15. The van der Waals surface area contributed by atoms with Gasteiger partial charge in [0, 0.05) is 5.56 Å². The third kappa shape index (κ3) is 1.71. The average Bonchev–Trinajstić information content (AvgIpc) is 2.09. The van der Waals surface area contributed by atoms with Crippen LogP contribution in [0, 0.1) is 25.2 Å². The molecule has 0 saturated carbocycles. The van der Waals surface area contributed by atoms with Crippen molar-refractivity contribution in [2.75, 3.05) is 0 Å². The van der Waals surface area contributed by atoms with Crippen molar-refractivity contribution in [1.29, 1.82) is 5.26 Å². The smallest absolute Gasteiger partial charge is 0.252 e. The van der Waals surface area contributed by atoms with Crippen LogP contribution < -0.4 is 0 Å². The normalized spacial score (nSPS) is 9.38. The van der Waals surface area contributed by atoms with Gasteiger partial charge in [0.05, 0.1) is 11.6 Å². The first-order valence-corrected chi connectivity index (χ1v) is 4.16. The minimum atomic E-state index is -0.481. The summed E-state index contributed by atoms with van der Waals surface area (Å²) >= 11 is 5.35. The predicted octanol–water partition coefficient (Wildman–Crippen LogP) is 2.55. The van der Waals surface area contributed by atoms with Gasteiger partial charge in [-0.25, -0.2) is 0 Å². The standard InChI is InChI=1S/C10H8ClNO/c1-6-7(2)9(10(11)13)4-3-8(6)5-12/h3-4H,1-2H3. The molecule has 1 rings (SSSR count). The van der Waals surface area contributed by atoms with E-state index >= 15 is 0 Å². The number of halogens is 1. The molecule has 0 bridgehead atoms. The van der Waals surface area contributed by atoms with Gasteiger partial charge < -0.3 is 0 Å². The monoisotopic (exact) mass is 193 g/mol. The Kier molecular flexibility index (Phi) is 2.69. The highest BCUT2D eigenvalue weighted by Crippen LogP contribution is 2.18. The van der Waals surface area contributed by atoms with Gasteiger partial charge in [0.2, 0.25) is 0 Å². The molecule has 66 valence electrons. The third-order valence-electron chi connectivity index (χ3n) is 2.12. The van der Waals surface area contributed by atoms with Crippen LogP contribution in [0.3, 0.4) is 0 Å². The van der Waals surface area contributed by atoms with Crippen molar-refractivity contribution in [2.24, 2.45) is 0 Å². The molecule has 2 nitrogen and oxygen atoms in total. The Labute approximate surface area is 81.7 Å². The first-order valence-electron chi connectivity index (χ1n) is 3.78. The van der Waals surface area contributed by atoms with Crippen molar-refractivity contribution in [1.82, 2.24) is 0 Å². The van der Waals surface area contributed by atoms with E-state index in [1.807, 2.05) is 6.07 Å². The minimum Gasteiger partial charge on any atom is -0.276 e. The molecule has 0 atom stereocenters. The fraction of sp³-hybridized carbons (Fsp3) is 0.200. The second-order valence-electron chi connectivity index (χ2n) is 2.80. The molecule has 0 heterocycles. The van der Waals surface area contributed by atoms with E-state index in [0.29, 0.717) is 11.1 Å². The van der Waals surface area contributed by atoms with Crippen LogP contribution >= 0.6 is 11.6 Å². The number of benzene rings is 1. The second kappa shape index (κ2) is 3.59. The predicted molar refractivity (Wildman–Crippen MR) is 50.8 cm³/mol. The Morgan fingerprint density at radius 3 is 2.46 bits per heavy atom. The van der Waals surface area contributed by atoms with Crippen LogP contribution in [0.1, 0.15) is 27.0 Å². The van der Waals surface area contributed by atoms with Crippen molar-refractivity contribution in [3.63, 3.8) is 0 Å². The molecule has 0 amide bonds. The van der Waals surface area contributed by atoms with E-state index < -0.39 is 5.24 Å². The molecule has 0 aliphatic heterocycles. The molecule has 3 heteroatoms. The first kappa shape index (κ1) is 9.76. The molecule has 0 radical (unpaired) electrons. The van der Waals surface area contributed by atoms with Gasteiger partial charge >= 0.3 is 0 Å². The van der Waals surface area contributed by atoms with Gasteiger partial charge in [-0.3, -0.25) is 4.79 Å². The van der Waals surface area contributed by atoms with Crippen LogP contribution in [-0.2, 0) is 0 Å². The molecule has 0 aliphatic carbocycles. The summed E-state index contributed by atoms with van der Waals surface area (Å²) in [5.41, 5.74) is 2.64.